The molecule has 0 saturated heterocycles. The highest BCUT2D eigenvalue weighted by Gasteiger charge is 1.99. The van der Waals surface area contributed by atoms with Crippen molar-refractivity contribution in [2.24, 2.45) is 11.0 Å². The molecule has 0 radical (unpaired) electrons. The third-order valence-corrected chi connectivity index (χ3v) is 1.28. The SMILES string of the molecule is CC/C(=N/NC)C(C)C. The summed E-state index contributed by atoms with van der Waals surface area (Å²) in [4.78, 5) is 0. The van der Waals surface area contributed by atoms with Gasteiger partial charge < -0.3 is 5.43 Å². The molecule has 0 heterocycles. The van der Waals surface area contributed by atoms with Crippen LogP contribution in [0.5, 0.6) is 0 Å². The minimum absolute atomic E-state index is 0.572. The summed E-state index contributed by atoms with van der Waals surface area (Å²) in [5.74, 6) is 0.572. The fourth-order valence-electron chi connectivity index (χ4n) is 0.760. The molecule has 54 valence electrons. The smallest absolute Gasteiger partial charge is 0.0400 e. The molecule has 0 aliphatic carbocycles. The highest BCUT2D eigenvalue weighted by molar-refractivity contribution is 5.85. The van der Waals surface area contributed by atoms with Crippen molar-refractivity contribution in [2.75, 3.05) is 7.05 Å². The minimum Gasteiger partial charge on any atom is -0.313 e. The lowest BCUT2D eigenvalue weighted by molar-refractivity contribution is 0.804. The van der Waals surface area contributed by atoms with Crippen LogP contribution in [0.2, 0.25) is 0 Å². The van der Waals surface area contributed by atoms with E-state index >= 15 is 0 Å². The summed E-state index contributed by atoms with van der Waals surface area (Å²) in [5.41, 5.74) is 4.02. The largest absolute Gasteiger partial charge is 0.313 e. The molecule has 0 aromatic heterocycles. The zero-order valence-electron chi connectivity index (χ0n) is 6.73. The van der Waals surface area contributed by atoms with Crippen LogP contribution in [-0.2, 0) is 0 Å². The zero-order chi connectivity index (χ0) is 7.28. The molecule has 0 bridgehead atoms. The number of hydrazone groups is 1. The molecule has 0 saturated carbocycles. The number of nitrogens with zero attached hydrogens (tertiary/aromatic N) is 1. The Balaban J connectivity index is 3.81. The first kappa shape index (κ1) is 8.47. The van der Waals surface area contributed by atoms with Crippen molar-refractivity contribution in [3.8, 4) is 0 Å². The lowest BCUT2D eigenvalue weighted by Gasteiger charge is -2.05. The van der Waals surface area contributed by atoms with Gasteiger partial charge in [0.1, 0.15) is 0 Å². The highest BCUT2D eigenvalue weighted by atomic mass is 15.3. The highest BCUT2D eigenvalue weighted by Crippen LogP contribution is 1.99. The van der Waals surface area contributed by atoms with Crippen LogP contribution in [0.25, 0.3) is 0 Å². The molecule has 0 atom stereocenters. The van der Waals surface area contributed by atoms with Gasteiger partial charge in [0.15, 0.2) is 0 Å². The van der Waals surface area contributed by atoms with Crippen LogP contribution in [0.4, 0.5) is 0 Å². The van der Waals surface area contributed by atoms with Crippen LogP contribution in [0.15, 0.2) is 5.10 Å². The lowest BCUT2D eigenvalue weighted by atomic mass is 10.1. The topological polar surface area (TPSA) is 24.4 Å². The summed E-state index contributed by atoms with van der Waals surface area (Å²) in [6, 6.07) is 0. The van der Waals surface area contributed by atoms with Gasteiger partial charge >= 0.3 is 0 Å². The molecular formula is C7H16N2. The Labute approximate surface area is 57.3 Å². The molecule has 0 fully saturated rings. The maximum absolute atomic E-state index is 4.11. The van der Waals surface area contributed by atoms with Gasteiger partial charge in [-0.1, -0.05) is 20.8 Å². The van der Waals surface area contributed by atoms with E-state index in [2.05, 4.69) is 31.3 Å². The van der Waals surface area contributed by atoms with Gasteiger partial charge in [0.25, 0.3) is 0 Å². The number of hydrogen-bond acceptors (Lipinski definition) is 2. The van der Waals surface area contributed by atoms with Gasteiger partial charge in [0, 0.05) is 12.8 Å². The Hall–Kier alpha value is -0.530. The molecule has 2 heteroatoms. The first-order valence-electron chi connectivity index (χ1n) is 3.45. The average molecular weight is 128 g/mol. The van der Waals surface area contributed by atoms with Crippen molar-refractivity contribution in [3.05, 3.63) is 0 Å². The molecule has 0 amide bonds. The fourth-order valence-corrected chi connectivity index (χ4v) is 0.760. The third-order valence-electron chi connectivity index (χ3n) is 1.28. The Morgan fingerprint density at radius 3 is 2.22 bits per heavy atom. The van der Waals surface area contributed by atoms with Crippen molar-refractivity contribution < 1.29 is 0 Å². The number of hydrogen-bond donors (Lipinski definition) is 1. The average Bonchev–Trinajstić information content (AvgIpc) is 1.82. The van der Waals surface area contributed by atoms with E-state index in [4.69, 9.17) is 0 Å². The first-order chi connectivity index (χ1) is 4.22. The Morgan fingerprint density at radius 1 is 1.56 bits per heavy atom. The maximum Gasteiger partial charge on any atom is 0.0400 e. The summed E-state index contributed by atoms with van der Waals surface area (Å²) in [6.07, 6.45) is 1.04. The van der Waals surface area contributed by atoms with Gasteiger partial charge in [-0.05, 0) is 12.3 Å². The summed E-state index contributed by atoms with van der Waals surface area (Å²) >= 11 is 0. The summed E-state index contributed by atoms with van der Waals surface area (Å²) in [6.45, 7) is 6.43. The molecule has 0 unspecified atom stereocenters. The van der Waals surface area contributed by atoms with Crippen LogP contribution < -0.4 is 5.43 Å². The van der Waals surface area contributed by atoms with Crippen LogP contribution in [0.1, 0.15) is 27.2 Å². The van der Waals surface area contributed by atoms with E-state index in [1.165, 1.54) is 5.71 Å². The second kappa shape index (κ2) is 4.36. The molecule has 0 aromatic rings. The van der Waals surface area contributed by atoms with Crippen LogP contribution in [0, 0.1) is 5.92 Å². The second-order valence-corrected chi connectivity index (χ2v) is 2.34. The molecule has 0 rings (SSSR count). The van der Waals surface area contributed by atoms with Crippen LogP contribution in [-0.4, -0.2) is 12.8 Å². The molecule has 1 N–H and O–H groups in total. The van der Waals surface area contributed by atoms with E-state index < -0.39 is 0 Å². The standard InChI is InChI=1S/C7H16N2/c1-5-7(6(2)3)9-8-4/h6,8H,5H2,1-4H3/b9-7-. The van der Waals surface area contributed by atoms with E-state index in [9.17, 15) is 0 Å². The van der Waals surface area contributed by atoms with Gasteiger partial charge in [0.2, 0.25) is 0 Å². The maximum atomic E-state index is 4.11. The molecule has 9 heavy (non-hydrogen) atoms. The molecule has 2 nitrogen and oxygen atoms in total. The Morgan fingerprint density at radius 2 is 2.11 bits per heavy atom. The Bertz CT molecular complexity index is 95.1. The van der Waals surface area contributed by atoms with Crippen molar-refractivity contribution in [3.63, 3.8) is 0 Å². The van der Waals surface area contributed by atoms with Crippen LogP contribution in [0.3, 0.4) is 0 Å². The first-order valence-corrected chi connectivity index (χ1v) is 3.45. The van der Waals surface area contributed by atoms with Crippen molar-refractivity contribution in [1.82, 2.24) is 5.43 Å². The van der Waals surface area contributed by atoms with Gasteiger partial charge in [0.05, 0.1) is 0 Å². The van der Waals surface area contributed by atoms with Gasteiger partial charge in [-0.2, -0.15) is 5.10 Å². The summed E-state index contributed by atoms with van der Waals surface area (Å²) < 4.78 is 0. The fraction of sp³-hybridized carbons (Fsp3) is 0.857. The quantitative estimate of drug-likeness (QED) is 0.453. The molecule has 0 aliphatic rings. The van der Waals surface area contributed by atoms with Crippen molar-refractivity contribution in [1.29, 1.82) is 0 Å². The van der Waals surface area contributed by atoms with Gasteiger partial charge in [-0.3, -0.25) is 0 Å². The third kappa shape index (κ3) is 3.12. The minimum atomic E-state index is 0.572. The monoisotopic (exact) mass is 128 g/mol. The van der Waals surface area contributed by atoms with Gasteiger partial charge in [-0.25, -0.2) is 0 Å². The number of rotatable bonds is 3. The van der Waals surface area contributed by atoms with Crippen molar-refractivity contribution in [2.45, 2.75) is 27.2 Å². The molecule has 0 aliphatic heterocycles. The predicted octanol–water partition coefficient (Wildman–Crippen LogP) is 1.63. The zero-order valence-corrected chi connectivity index (χ0v) is 6.73. The van der Waals surface area contributed by atoms with Gasteiger partial charge in [-0.15, -0.1) is 0 Å². The number of nitrogens with one attached hydrogen (secondary N) is 1. The lowest BCUT2D eigenvalue weighted by Crippen LogP contribution is -2.10. The summed E-state index contributed by atoms with van der Waals surface area (Å²) in [7, 11) is 1.83. The van der Waals surface area contributed by atoms with E-state index in [-0.39, 0.29) is 0 Å². The normalized spacial score (nSPS) is 12.3. The second-order valence-electron chi connectivity index (χ2n) is 2.34. The van der Waals surface area contributed by atoms with Crippen LogP contribution >= 0.6 is 0 Å². The molecular weight excluding hydrogens is 112 g/mol. The molecule has 0 aromatic carbocycles. The van der Waals surface area contributed by atoms with E-state index in [1.54, 1.807) is 0 Å². The van der Waals surface area contributed by atoms with E-state index in [0.717, 1.165) is 6.42 Å². The van der Waals surface area contributed by atoms with E-state index in [1.807, 2.05) is 7.05 Å². The molecule has 0 spiro atoms. The van der Waals surface area contributed by atoms with Crippen molar-refractivity contribution >= 4 is 5.71 Å². The predicted molar refractivity (Wildman–Crippen MR) is 41.6 cm³/mol. The van der Waals surface area contributed by atoms with E-state index in [0.29, 0.717) is 5.92 Å². The summed E-state index contributed by atoms with van der Waals surface area (Å²) in [5, 5.41) is 4.11. The Kier molecular flexibility index (Phi) is 4.10.